The normalized spacial score (nSPS) is 10.4. The van der Waals surface area contributed by atoms with Crippen molar-refractivity contribution in [2.45, 2.75) is 40.0 Å². The summed E-state index contributed by atoms with van der Waals surface area (Å²) in [6, 6.07) is 4.39. The molecule has 0 spiro atoms. The third-order valence-corrected chi connectivity index (χ3v) is 3.15. The molecule has 1 aromatic rings. The summed E-state index contributed by atoms with van der Waals surface area (Å²) >= 11 is 0. The van der Waals surface area contributed by atoms with Gasteiger partial charge in [0.05, 0.1) is 0 Å². The van der Waals surface area contributed by atoms with Crippen molar-refractivity contribution in [1.29, 1.82) is 0 Å². The first-order valence-corrected chi connectivity index (χ1v) is 6.58. The van der Waals surface area contributed by atoms with Crippen LogP contribution in [0.4, 0.5) is 0 Å². The second-order valence-electron chi connectivity index (χ2n) is 4.87. The number of benzene rings is 1. The molecule has 0 bridgehead atoms. The Labute approximate surface area is 110 Å². The van der Waals surface area contributed by atoms with Crippen molar-refractivity contribution in [2.75, 3.05) is 13.1 Å². The zero-order valence-corrected chi connectivity index (χ0v) is 11.7. The first-order chi connectivity index (χ1) is 8.54. The summed E-state index contributed by atoms with van der Waals surface area (Å²) in [4.78, 5) is 11.4. The molecule has 3 heteroatoms. The van der Waals surface area contributed by atoms with Gasteiger partial charge in [-0.05, 0) is 56.8 Å². The molecule has 0 aliphatic heterocycles. The highest BCUT2D eigenvalue weighted by Gasteiger charge is 2.05. The van der Waals surface area contributed by atoms with E-state index in [0.717, 1.165) is 12.8 Å². The fourth-order valence-electron chi connectivity index (χ4n) is 2.28. The van der Waals surface area contributed by atoms with Gasteiger partial charge in [-0.1, -0.05) is 17.7 Å². The van der Waals surface area contributed by atoms with Crippen LogP contribution in [0, 0.1) is 20.8 Å². The van der Waals surface area contributed by atoms with E-state index in [1.807, 2.05) is 0 Å². The first kappa shape index (κ1) is 14.7. The second kappa shape index (κ2) is 7.17. The summed E-state index contributed by atoms with van der Waals surface area (Å²) in [7, 11) is 0. The fourth-order valence-corrected chi connectivity index (χ4v) is 2.28. The summed E-state index contributed by atoms with van der Waals surface area (Å²) < 4.78 is 0. The van der Waals surface area contributed by atoms with Gasteiger partial charge in [-0.25, -0.2) is 0 Å². The van der Waals surface area contributed by atoms with Crippen molar-refractivity contribution < 1.29 is 4.79 Å². The Hall–Kier alpha value is -1.35. The molecule has 0 unspecified atom stereocenters. The summed E-state index contributed by atoms with van der Waals surface area (Å²) in [6.45, 7) is 7.65. The van der Waals surface area contributed by atoms with Crippen LogP contribution in [0.1, 0.15) is 35.1 Å². The van der Waals surface area contributed by atoms with E-state index in [1.165, 1.54) is 22.3 Å². The Morgan fingerprint density at radius 1 is 1.22 bits per heavy atom. The zero-order chi connectivity index (χ0) is 13.5. The number of nitrogens with one attached hydrogen (secondary N) is 1. The number of aryl methyl sites for hydroxylation is 3. The number of carbonyl (C=O) groups excluding carboxylic acids is 1. The molecule has 0 saturated heterocycles. The highest BCUT2D eigenvalue weighted by atomic mass is 16.1. The Morgan fingerprint density at radius 3 is 2.39 bits per heavy atom. The summed E-state index contributed by atoms with van der Waals surface area (Å²) in [5.41, 5.74) is 10.6. The van der Waals surface area contributed by atoms with E-state index in [4.69, 9.17) is 5.73 Å². The third kappa shape index (κ3) is 4.49. The number of hydrogen-bond donors (Lipinski definition) is 2. The van der Waals surface area contributed by atoms with E-state index in [9.17, 15) is 4.79 Å². The van der Waals surface area contributed by atoms with Crippen LogP contribution in [-0.4, -0.2) is 19.0 Å². The van der Waals surface area contributed by atoms with E-state index in [1.54, 1.807) is 0 Å². The van der Waals surface area contributed by atoms with Crippen molar-refractivity contribution in [3.8, 4) is 0 Å². The van der Waals surface area contributed by atoms with Gasteiger partial charge in [-0.2, -0.15) is 0 Å². The van der Waals surface area contributed by atoms with Crippen molar-refractivity contribution in [3.05, 3.63) is 34.4 Å². The maximum Gasteiger partial charge on any atom is 0.220 e. The van der Waals surface area contributed by atoms with Crippen LogP contribution in [0.2, 0.25) is 0 Å². The van der Waals surface area contributed by atoms with Crippen LogP contribution >= 0.6 is 0 Å². The van der Waals surface area contributed by atoms with E-state index < -0.39 is 0 Å². The monoisotopic (exact) mass is 248 g/mol. The smallest absolute Gasteiger partial charge is 0.220 e. The molecule has 0 heterocycles. The molecule has 1 amide bonds. The number of nitrogens with two attached hydrogens (primary N) is 1. The molecule has 0 aliphatic rings. The Bertz CT molecular complexity index is 390. The average Bonchev–Trinajstić information content (AvgIpc) is 2.29. The molecular formula is C15H24N2O. The minimum atomic E-state index is 0.0999. The Balaban J connectivity index is 2.47. The molecule has 18 heavy (non-hydrogen) atoms. The minimum absolute atomic E-state index is 0.0999. The van der Waals surface area contributed by atoms with E-state index in [-0.39, 0.29) is 5.91 Å². The number of carbonyl (C=O) groups is 1. The number of rotatable bonds is 6. The summed E-state index contributed by atoms with van der Waals surface area (Å²) in [6.07, 6.45) is 2.18. The quantitative estimate of drug-likeness (QED) is 0.809. The molecule has 1 rings (SSSR count). The largest absolute Gasteiger partial charge is 0.356 e. The maximum absolute atomic E-state index is 11.4. The molecule has 0 atom stereocenters. The first-order valence-electron chi connectivity index (χ1n) is 6.58. The van der Waals surface area contributed by atoms with Crippen LogP contribution < -0.4 is 11.1 Å². The number of amides is 1. The van der Waals surface area contributed by atoms with E-state index in [2.05, 4.69) is 38.2 Å². The highest BCUT2D eigenvalue weighted by Crippen LogP contribution is 2.16. The van der Waals surface area contributed by atoms with Crippen LogP contribution in [0.15, 0.2) is 12.1 Å². The van der Waals surface area contributed by atoms with E-state index >= 15 is 0 Å². The molecule has 0 aliphatic carbocycles. The topological polar surface area (TPSA) is 55.1 Å². The predicted octanol–water partition coefficient (Wildman–Crippen LogP) is 2.01. The SMILES string of the molecule is Cc1cc(C)c(CCNC(=O)CCCN)c(C)c1. The molecule has 0 radical (unpaired) electrons. The van der Waals surface area contributed by atoms with Crippen molar-refractivity contribution >= 4 is 5.91 Å². The van der Waals surface area contributed by atoms with Gasteiger partial charge in [-0.15, -0.1) is 0 Å². The van der Waals surface area contributed by atoms with Gasteiger partial charge in [0.25, 0.3) is 0 Å². The lowest BCUT2D eigenvalue weighted by molar-refractivity contribution is -0.121. The van der Waals surface area contributed by atoms with Gasteiger partial charge < -0.3 is 11.1 Å². The van der Waals surface area contributed by atoms with Gasteiger partial charge in [-0.3, -0.25) is 4.79 Å². The summed E-state index contributed by atoms with van der Waals surface area (Å²) in [5.74, 6) is 0.0999. The molecule has 3 nitrogen and oxygen atoms in total. The standard InChI is InChI=1S/C15H24N2O/c1-11-9-12(2)14(13(3)10-11)6-8-17-15(18)5-4-7-16/h9-10H,4-8,16H2,1-3H3,(H,17,18). The Kier molecular flexibility index (Phi) is 5.86. The number of hydrogen-bond acceptors (Lipinski definition) is 2. The van der Waals surface area contributed by atoms with Crippen LogP contribution in [0.25, 0.3) is 0 Å². The second-order valence-corrected chi connectivity index (χ2v) is 4.87. The predicted molar refractivity (Wildman–Crippen MR) is 75.7 cm³/mol. The van der Waals surface area contributed by atoms with Crippen molar-refractivity contribution in [3.63, 3.8) is 0 Å². The Morgan fingerprint density at radius 2 is 1.83 bits per heavy atom. The van der Waals surface area contributed by atoms with Crippen LogP contribution in [0.3, 0.4) is 0 Å². The molecule has 0 aromatic heterocycles. The van der Waals surface area contributed by atoms with Crippen LogP contribution in [-0.2, 0) is 11.2 Å². The molecular weight excluding hydrogens is 224 g/mol. The lowest BCUT2D eigenvalue weighted by Crippen LogP contribution is -2.26. The van der Waals surface area contributed by atoms with Crippen molar-refractivity contribution in [1.82, 2.24) is 5.32 Å². The van der Waals surface area contributed by atoms with Crippen molar-refractivity contribution in [2.24, 2.45) is 5.73 Å². The van der Waals surface area contributed by atoms with Gasteiger partial charge >= 0.3 is 0 Å². The average molecular weight is 248 g/mol. The van der Waals surface area contributed by atoms with E-state index in [0.29, 0.717) is 19.5 Å². The van der Waals surface area contributed by atoms with Gasteiger partial charge in [0.1, 0.15) is 0 Å². The molecule has 1 aromatic carbocycles. The lowest BCUT2D eigenvalue weighted by Gasteiger charge is -2.12. The summed E-state index contributed by atoms with van der Waals surface area (Å²) in [5, 5.41) is 2.94. The molecule has 0 saturated carbocycles. The highest BCUT2D eigenvalue weighted by molar-refractivity contribution is 5.75. The minimum Gasteiger partial charge on any atom is -0.356 e. The lowest BCUT2D eigenvalue weighted by atomic mass is 9.97. The van der Waals surface area contributed by atoms with Gasteiger partial charge in [0.15, 0.2) is 0 Å². The van der Waals surface area contributed by atoms with Gasteiger partial charge in [0.2, 0.25) is 5.91 Å². The maximum atomic E-state index is 11.4. The molecule has 3 N–H and O–H groups in total. The molecule has 0 fully saturated rings. The fraction of sp³-hybridized carbons (Fsp3) is 0.533. The zero-order valence-electron chi connectivity index (χ0n) is 11.7. The third-order valence-electron chi connectivity index (χ3n) is 3.15. The molecule has 100 valence electrons. The van der Waals surface area contributed by atoms with Crippen LogP contribution in [0.5, 0.6) is 0 Å². The van der Waals surface area contributed by atoms with Gasteiger partial charge in [0, 0.05) is 13.0 Å².